The highest BCUT2D eigenvalue weighted by atomic mass is 79.9. The fraction of sp³-hybridized carbons (Fsp3) is 0.200. The molecule has 0 spiro atoms. The number of halogens is 2. The number of aliphatic hydroxyl groups excluding tert-OH is 1. The van der Waals surface area contributed by atoms with E-state index in [0.29, 0.717) is 4.47 Å². The van der Waals surface area contributed by atoms with Crippen molar-refractivity contribution in [3.05, 3.63) is 28.5 Å². The Hall–Kier alpha value is -1.67. The van der Waals surface area contributed by atoms with E-state index in [2.05, 4.69) is 21.2 Å². The van der Waals surface area contributed by atoms with Crippen LogP contribution < -0.4 is 10.6 Å². The molecule has 98 valence electrons. The lowest BCUT2D eigenvalue weighted by atomic mass is 10.3. The van der Waals surface area contributed by atoms with Gasteiger partial charge in [-0.3, -0.25) is 0 Å². The molecular formula is C10H10BrFN2O4. The number of nitrogens with one attached hydrogen (secondary N) is 2. The quantitative estimate of drug-likeness (QED) is 0.669. The van der Waals surface area contributed by atoms with Crippen LogP contribution in [-0.4, -0.2) is 34.9 Å². The number of hydrogen-bond acceptors (Lipinski definition) is 3. The number of aliphatic carboxylic acids is 1. The van der Waals surface area contributed by atoms with Crippen molar-refractivity contribution in [3.63, 3.8) is 0 Å². The topological polar surface area (TPSA) is 98.7 Å². The van der Waals surface area contributed by atoms with Gasteiger partial charge in [0.05, 0.1) is 12.3 Å². The highest BCUT2D eigenvalue weighted by Crippen LogP contribution is 2.19. The summed E-state index contributed by atoms with van der Waals surface area (Å²) in [5, 5.41) is 21.4. The van der Waals surface area contributed by atoms with Crippen LogP contribution in [0.4, 0.5) is 14.9 Å². The van der Waals surface area contributed by atoms with Crippen molar-refractivity contribution in [1.82, 2.24) is 5.32 Å². The molecule has 0 aromatic heterocycles. The Labute approximate surface area is 110 Å². The molecule has 6 nitrogen and oxygen atoms in total. The van der Waals surface area contributed by atoms with Crippen LogP contribution in [-0.2, 0) is 4.79 Å². The maximum atomic E-state index is 13.4. The van der Waals surface area contributed by atoms with Crippen molar-refractivity contribution in [3.8, 4) is 0 Å². The molecule has 0 aliphatic rings. The summed E-state index contributed by atoms with van der Waals surface area (Å²) in [6.45, 7) is -0.758. The van der Waals surface area contributed by atoms with Crippen LogP contribution in [0.15, 0.2) is 22.7 Å². The third-order valence-electron chi connectivity index (χ3n) is 1.97. The average molecular weight is 321 g/mol. The summed E-state index contributed by atoms with van der Waals surface area (Å²) in [5.41, 5.74) is -0.0993. The van der Waals surface area contributed by atoms with Gasteiger partial charge in [0.15, 0.2) is 6.04 Å². The smallest absolute Gasteiger partial charge is 0.328 e. The predicted molar refractivity (Wildman–Crippen MR) is 64.8 cm³/mol. The summed E-state index contributed by atoms with van der Waals surface area (Å²) >= 11 is 3.05. The Kier molecular flexibility index (Phi) is 5.05. The summed E-state index contributed by atoms with van der Waals surface area (Å²) in [6, 6.07) is 1.62. The van der Waals surface area contributed by atoms with Gasteiger partial charge in [-0.15, -0.1) is 0 Å². The van der Waals surface area contributed by atoms with Gasteiger partial charge in [0.1, 0.15) is 5.82 Å². The summed E-state index contributed by atoms with van der Waals surface area (Å²) in [4.78, 5) is 21.9. The molecule has 1 aromatic rings. The monoisotopic (exact) mass is 320 g/mol. The van der Waals surface area contributed by atoms with Gasteiger partial charge in [-0.1, -0.05) is 15.9 Å². The van der Waals surface area contributed by atoms with E-state index in [4.69, 9.17) is 10.2 Å². The molecule has 0 radical (unpaired) electrons. The maximum absolute atomic E-state index is 13.4. The zero-order valence-electron chi connectivity index (χ0n) is 8.98. The van der Waals surface area contributed by atoms with Gasteiger partial charge in [-0.25, -0.2) is 14.0 Å². The molecule has 0 unspecified atom stereocenters. The molecule has 4 N–H and O–H groups in total. The number of carboxylic acids is 1. The zero-order chi connectivity index (χ0) is 13.7. The molecule has 0 bridgehead atoms. The van der Waals surface area contributed by atoms with E-state index in [1.165, 1.54) is 12.1 Å². The minimum absolute atomic E-state index is 0.0993. The van der Waals surface area contributed by atoms with Crippen LogP contribution in [0.2, 0.25) is 0 Å². The second-order valence-electron chi connectivity index (χ2n) is 3.30. The number of benzene rings is 1. The van der Waals surface area contributed by atoms with E-state index in [0.717, 1.165) is 6.07 Å². The van der Waals surface area contributed by atoms with Crippen LogP contribution in [0.5, 0.6) is 0 Å². The molecule has 1 aromatic carbocycles. The number of rotatable bonds is 4. The first-order valence-corrected chi connectivity index (χ1v) is 5.59. The van der Waals surface area contributed by atoms with Gasteiger partial charge in [-0.05, 0) is 18.2 Å². The van der Waals surface area contributed by atoms with Crippen LogP contribution in [0, 0.1) is 5.82 Å². The van der Waals surface area contributed by atoms with Crippen LogP contribution in [0.3, 0.4) is 0 Å². The largest absolute Gasteiger partial charge is 0.480 e. The van der Waals surface area contributed by atoms with Crippen LogP contribution in [0.25, 0.3) is 0 Å². The van der Waals surface area contributed by atoms with E-state index in [1.54, 1.807) is 0 Å². The molecule has 0 aliphatic heterocycles. The molecule has 0 aliphatic carbocycles. The van der Waals surface area contributed by atoms with E-state index in [-0.39, 0.29) is 5.69 Å². The fourth-order valence-electron chi connectivity index (χ4n) is 1.09. The maximum Gasteiger partial charge on any atom is 0.328 e. The number of urea groups is 1. The standard InChI is InChI=1S/C10H10BrFN2O4/c11-5-1-2-7(6(12)3-5)13-10(18)14-8(4-15)9(16)17/h1-3,8,15H,4H2,(H,16,17)(H2,13,14,18)/t8-/m0/s1. The lowest BCUT2D eigenvalue weighted by Crippen LogP contribution is -2.45. The van der Waals surface area contributed by atoms with E-state index >= 15 is 0 Å². The number of amides is 2. The van der Waals surface area contributed by atoms with Gasteiger partial charge in [0.2, 0.25) is 0 Å². The van der Waals surface area contributed by atoms with Crippen molar-refractivity contribution in [2.45, 2.75) is 6.04 Å². The summed E-state index contributed by atoms with van der Waals surface area (Å²) < 4.78 is 13.9. The fourth-order valence-corrected chi connectivity index (χ4v) is 1.43. The third-order valence-corrected chi connectivity index (χ3v) is 2.46. The Morgan fingerprint density at radius 1 is 1.44 bits per heavy atom. The van der Waals surface area contributed by atoms with Gasteiger partial charge in [0.25, 0.3) is 0 Å². The summed E-state index contributed by atoms with van der Waals surface area (Å²) in [6.07, 6.45) is 0. The summed E-state index contributed by atoms with van der Waals surface area (Å²) in [7, 11) is 0. The summed E-state index contributed by atoms with van der Waals surface area (Å²) in [5.74, 6) is -2.06. The highest BCUT2D eigenvalue weighted by Gasteiger charge is 2.19. The minimum atomic E-state index is -1.44. The number of carbonyl (C=O) groups excluding carboxylic acids is 1. The molecule has 1 rings (SSSR count). The van der Waals surface area contributed by atoms with Gasteiger partial charge in [0, 0.05) is 4.47 Å². The molecular weight excluding hydrogens is 311 g/mol. The predicted octanol–water partition coefficient (Wildman–Crippen LogP) is 1.16. The van der Waals surface area contributed by atoms with Gasteiger partial charge < -0.3 is 20.8 Å². The average Bonchev–Trinajstić information content (AvgIpc) is 2.29. The molecule has 8 heteroatoms. The highest BCUT2D eigenvalue weighted by molar-refractivity contribution is 9.10. The third kappa shape index (κ3) is 3.97. The van der Waals surface area contributed by atoms with Crippen molar-refractivity contribution < 1.29 is 24.2 Å². The number of carboxylic acid groups (broad SMARTS) is 1. The zero-order valence-corrected chi connectivity index (χ0v) is 10.6. The molecule has 18 heavy (non-hydrogen) atoms. The number of carbonyl (C=O) groups is 2. The molecule has 0 saturated heterocycles. The SMILES string of the molecule is O=C(Nc1ccc(Br)cc1F)N[C@@H](CO)C(=O)O. The Morgan fingerprint density at radius 3 is 2.61 bits per heavy atom. The van der Waals surface area contributed by atoms with Crippen LogP contribution in [0.1, 0.15) is 0 Å². The Balaban J connectivity index is 2.67. The first-order chi connectivity index (χ1) is 8.43. The molecule has 0 saturated carbocycles. The molecule has 2 amide bonds. The van der Waals surface area contributed by atoms with Crippen molar-refractivity contribution >= 4 is 33.6 Å². The normalized spacial score (nSPS) is 11.7. The molecule has 0 heterocycles. The van der Waals surface area contributed by atoms with E-state index in [1.807, 2.05) is 5.32 Å². The van der Waals surface area contributed by atoms with E-state index in [9.17, 15) is 14.0 Å². The van der Waals surface area contributed by atoms with E-state index < -0.39 is 30.5 Å². The van der Waals surface area contributed by atoms with Crippen molar-refractivity contribution in [2.75, 3.05) is 11.9 Å². The van der Waals surface area contributed by atoms with Crippen LogP contribution >= 0.6 is 15.9 Å². The minimum Gasteiger partial charge on any atom is -0.480 e. The first-order valence-electron chi connectivity index (χ1n) is 4.80. The molecule has 1 atom stereocenters. The first kappa shape index (κ1) is 14.4. The number of aliphatic hydroxyl groups is 1. The number of anilines is 1. The van der Waals surface area contributed by atoms with Gasteiger partial charge in [-0.2, -0.15) is 0 Å². The second kappa shape index (κ2) is 6.31. The Morgan fingerprint density at radius 2 is 2.11 bits per heavy atom. The Bertz CT molecular complexity index is 469. The molecule has 0 fully saturated rings. The lowest BCUT2D eigenvalue weighted by molar-refractivity contribution is -0.140. The number of hydrogen-bond donors (Lipinski definition) is 4. The van der Waals surface area contributed by atoms with Gasteiger partial charge >= 0.3 is 12.0 Å². The van der Waals surface area contributed by atoms with Crippen molar-refractivity contribution in [1.29, 1.82) is 0 Å². The second-order valence-corrected chi connectivity index (χ2v) is 4.21. The van der Waals surface area contributed by atoms with Crippen molar-refractivity contribution in [2.24, 2.45) is 0 Å². The lowest BCUT2D eigenvalue weighted by Gasteiger charge is -2.13.